The van der Waals surface area contributed by atoms with Crippen LogP contribution in [0.5, 0.6) is 5.75 Å². The second-order valence-electron chi connectivity index (χ2n) is 7.29. The number of phenols is 1. The van der Waals surface area contributed by atoms with E-state index in [2.05, 4.69) is 32.6 Å². The molecule has 5 heteroatoms. The van der Waals surface area contributed by atoms with Crippen LogP contribution in [0, 0.1) is 0 Å². The highest BCUT2D eigenvalue weighted by Crippen LogP contribution is 2.26. The number of carbonyl (C=O) groups excluding carboxylic acids is 1. The van der Waals surface area contributed by atoms with E-state index in [1.165, 1.54) is 4.90 Å². The predicted octanol–water partition coefficient (Wildman–Crippen LogP) is 1.13. The van der Waals surface area contributed by atoms with Gasteiger partial charge < -0.3 is 19.8 Å². The summed E-state index contributed by atoms with van der Waals surface area (Å²) in [6.45, 7) is 13.9. The van der Waals surface area contributed by atoms with Crippen molar-refractivity contribution in [2.24, 2.45) is 0 Å². The minimum Gasteiger partial charge on any atom is -0.506 e. The van der Waals surface area contributed by atoms with E-state index in [0.29, 0.717) is 5.75 Å². The highest BCUT2D eigenvalue weighted by Gasteiger charge is 2.34. The van der Waals surface area contributed by atoms with Crippen molar-refractivity contribution in [3.63, 3.8) is 0 Å². The first kappa shape index (κ1) is 18.6. The molecular weight excluding hydrogens is 302 g/mol. The highest BCUT2D eigenvalue weighted by atomic mass is 16.3. The third kappa shape index (κ3) is 4.01. The van der Waals surface area contributed by atoms with Crippen molar-refractivity contribution in [3.8, 4) is 5.75 Å². The molecule has 0 unspecified atom stereocenters. The number of anilines is 1. The molecule has 1 aromatic rings. The Bertz CT molecular complexity index is 543. The number of phenolic OH excluding ortho intramolecular Hbond substituents is 1. The van der Waals surface area contributed by atoms with Crippen molar-refractivity contribution in [1.82, 2.24) is 4.90 Å². The monoisotopic (exact) mass is 334 g/mol. The molecule has 134 valence electrons. The van der Waals surface area contributed by atoms with Gasteiger partial charge in [-0.25, -0.2) is 0 Å². The minimum absolute atomic E-state index is 0.0266. The number of amides is 1. The molecular formula is C19H32N3O2+. The van der Waals surface area contributed by atoms with Crippen molar-refractivity contribution in [2.45, 2.75) is 52.7 Å². The summed E-state index contributed by atoms with van der Waals surface area (Å²) < 4.78 is 0. The van der Waals surface area contributed by atoms with Crippen molar-refractivity contribution < 1.29 is 14.8 Å². The molecule has 1 atom stereocenters. The summed E-state index contributed by atoms with van der Waals surface area (Å²) in [5, 5.41) is 10.0. The van der Waals surface area contributed by atoms with E-state index in [9.17, 15) is 9.90 Å². The maximum atomic E-state index is 12.9. The lowest BCUT2D eigenvalue weighted by molar-refractivity contribution is -0.915. The molecule has 0 bridgehead atoms. The highest BCUT2D eigenvalue weighted by molar-refractivity contribution is 5.80. The van der Waals surface area contributed by atoms with Gasteiger partial charge in [-0.15, -0.1) is 0 Å². The van der Waals surface area contributed by atoms with Crippen LogP contribution in [0.4, 0.5) is 5.69 Å². The van der Waals surface area contributed by atoms with Crippen LogP contribution in [-0.4, -0.2) is 60.2 Å². The largest absolute Gasteiger partial charge is 0.506 e. The Morgan fingerprint density at radius 2 is 1.62 bits per heavy atom. The topological polar surface area (TPSA) is 48.2 Å². The Morgan fingerprint density at radius 3 is 2.12 bits per heavy atom. The van der Waals surface area contributed by atoms with Gasteiger partial charge in [-0.2, -0.15) is 0 Å². The van der Waals surface area contributed by atoms with E-state index in [4.69, 9.17) is 0 Å². The van der Waals surface area contributed by atoms with E-state index < -0.39 is 0 Å². The van der Waals surface area contributed by atoms with E-state index in [0.717, 1.165) is 31.9 Å². The lowest BCUT2D eigenvalue weighted by Crippen LogP contribution is -3.19. The average Bonchev–Trinajstić information content (AvgIpc) is 2.54. The Balaban J connectivity index is 1.98. The normalized spacial score (nSPS) is 17.4. The van der Waals surface area contributed by atoms with Crippen LogP contribution in [0.15, 0.2) is 24.3 Å². The van der Waals surface area contributed by atoms with E-state index in [1.807, 2.05) is 30.0 Å². The van der Waals surface area contributed by atoms with Crippen LogP contribution in [0.3, 0.4) is 0 Å². The summed E-state index contributed by atoms with van der Waals surface area (Å²) in [5.74, 6) is 0.571. The lowest BCUT2D eigenvalue weighted by Gasteiger charge is -2.39. The summed E-state index contributed by atoms with van der Waals surface area (Å²) in [4.78, 5) is 18.4. The number of nitrogens with one attached hydrogen (secondary N) is 1. The molecule has 2 N–H and O–H groups in total. The third-order valence-electron chi connectivity index (χ3n) is 4.98. The summed E-state index contributed by atoms with van der Waals surface area (Å²) in [7, 11) is 0. The third-order valence-corrected chi connectivity index (χ3v) is 4.98. The van der Waals surface area contributed by atoms with E-state index in [-0.39, 0.29) is 24.0 Å². The minimum atomic E-state index is -0.0266. The smallest absolute Gasteiger partial charge is 0.281 e. The van der Waals surface area contributed by atoms with Crippen LogP contribution in [-0.2, 0) is 4.79 Å². The van der Waals surface area contributed by atoms with Crippen LogP contribution in [0.25, 0.3) is 0 Å². The van der Waals surface area contributed by atoms with Gasteiger partial charge in [-0.05, 0) is 46.8 Å². The molecule has 1 aromatic carbocycles. The Hall–Kier alpha value is -1.75. The zero-order valence-corrected chi connectivity index (χ0v) is 15.6. The molecule has 0 aliphatic carbocycles. The quantitative estimate of drug-likeness (QED) is 0.849. The van der Waals surface area contributed by atoms with Crippen molar-refractivity contribution in [3.05, 3.63) is 24.3 Å². The molecule has 1 aliphatic rings. The van der Waals surface area contributed by atoms with Gasteiger partial charge in [0, 0.05) is 12.1 Å². The zero-order valence-electron chi connectivity index (χ0n) is 15.6. The van der Waals surface area contributed by atoms with Crippen LogP contribution in [0.1, 0.15) is 34.6 Å². The molecule has 1 fully saturated rings. The molecule has 5 nitrogen and oxygen atoms in total. The molecule has 0 radical (unpaired) electrons. The van der Waals surface area contributed by atoms with Gasteiger partial charge in [0.1, 0.15) is 5.75 Å². The van der Waals surface area contributed by atoms with Crippen molar-refractivity contribution >= 4 is 11.6 Å². The van der Waals surface area contributed by atoms with Crippen LogP contribution in [0.2, 0.25) is 0 Å². The van der Waals surface area contributed by atoms with Gasteiger partial charge in [-0.3, -0.25) is 4.79 Å². The molecule has 1 aliphatic heterocycles. The number of rotatable bonds is 5. The fourth-order valence-corrected chi connectivity index (χ4v) is 3.70. The standard InChI is InChI=1S/C19H31N3O2/c1-14(2)22(15(3)4)19(24)16(5)20-10-12-21(13-11-20)17-8-6-7-9-18(17)23/h6-9,14-16,23H,10-13H2,1-5H3/p+1/t16-/m1/s1. The van der Waals surface area contributed by atoms with Gasteiger partial charge >= 0.3 is 0 Å². The van der Waals surface area contributed by atoms with Gasteiger partial charge in [0.2, 0.25) is 0 Å². The first-order valence-corrected chi connectivity index (χ1v) is 9.02. The average molecular weight is 334 g/mol. The summed E-state index contributed by atoms with van der Waals surface area (Å²) in [6.07, 6.45) is 0. The molecule has 0 spiro atoms. The van der Waals surface area contributed by atoms with Crippen molar-refractivity contribution in [1.29, 1.82) is 0 Å². The second-order valence-corrected chi connectivity index (χ2v) is 7.29. The summed E-state index contributed by atoms with van der Waals surface area (Å²) in [5.41, 5.74) is 0.890. The fraction of sp³-hybridized carbons (Fsp3) is 0.632. The Kier molecular flexibility index (Phi) is 6.10. The van der Waals surface area contributed by atoms with E-state index >= 15 is 0 Å². The fourth-order valence-electron chi connectivity index (χ4n) is 3.70. The van der Waals surface area contributed by atoms with Gasteiger partial charge in [-0.1, -0.05) is 12.1 Å². The summed E-state index contributed by atoms with van der Waals surface area (Å²) >= 11 is 0. The van der Waals surface area contributed by atoms with E-state index in [1.54, 1.807) is 6.07 Å². The Morgan fingerprint density at radius 1 is 1.08 bits per heavy atom. The number of nitrogens with zero attached hydrogens (tertiary/aromatic N) is 2. The Labute approximate surface area is 145 Å². The van der Waals surface area contributed by atoms with Crippen LogP contribution < -0.4 is 9.80 Å². The van der Waals surface area contributed by atoms with Gasteiger partial charge in [0.25, 0.3) is 5.91 Å². The van der Waals surface area contributed by atoms with Crippen LogP contribution >= 0.6 is 0 Å². The molecule has 2 rings (SSSR count). The maximum absolute atomic E-state index is 12.9. The maximum Gasteiger partial charge on any atom is 0.281 e. The number of quaternary nitrogens is 1. The molecule has 0 aromatic heterocycles. The van der Waals surface area contributed by atoms with Crippen molar-refractivity contribution in [2.75, 3.05) is 31.1 Å². The molecule has 1 amide bonds. The number of piperazine rings is 1. The van der Waals surface area contributed by atoms with Gasteiger partial charge in [0.05, 0.1) is 31.9 Å². The first-order valence-electron chi connectivity index (χ1n) is 9.02. The number of aromatic hydroxyl groups is 1. The SMILES string of the molecule is CC(C)N(C(=O)[C@@H](C)[NH+]1CCN(c2ccccc2O)CC1)C(C)C. The predicted molar refractivity (Wildman–Crippen MR) is 97.6 cm³/mol. The number of para-hydroxylation sites is 2. The molecule has 1 heterocycles. The zero-order chi connectivity index (χ0) is 17.9. The molecule has 1 saturated heterocycles. The number of hydrogen-bond donors (Lipinski definition) is 2. The summed E-state index contributed by atoms with van der Waals surface area (Å²) in [6, 6.07) is 7.89. The number of carbonyl (C=O) groups is 1. The molecule has 24 heavy (non-hydrogen) atoms. The number of hydrogen-bond acceptors (Lipinski definition) is 3. The number of benzene rings is 1. The second kappa shape index (κ2) is 7.88. The molecule has 0 saturated carbocycles. The first-order chi connectivity index (χ1) is 11.3. The van der Waals surface area contributed by atoms with Gasteiger partial charge in [0.15, 0.2) is 6.04 Å². The lowest BCUT2D eigenvalue weighted by atomic mass is 10.1.